The molecule has 0 radical (unpaired) electrons. The van der Waals surface area contributed by atoms with Crippen LogP contribution in [-0.4, -0.2) is 19.6 Å². The van der Waals surface area contributed by atoms with Crippen molar-refractivity contribution in [3.63, 3.8) is 0 Å². The lowest BCUT2D eigenvalue weighted by atomic mass is 10.1. The molecule has 18 heavy (non-hydrogen) atoms. The summed E-state index contributed by atoms with van der Waals surface area (Å²) in [5, 5.41) is 2.67. The highest BCUT2D eigenvalue weighted by atomic mass is 35.5. The van der Waals surface area contributed by atoms with Crippen molar-refractivity contribution < 1.29 is 13.9 Å². The van der Waals surface area contributed by atoms with Crippen LogP contribution in [-0.2, 0) is 4.79 Å². The molecule has 102 valence electrons. The van der Waals surface area contributed by atoms with Crippen molar-refractivity contribution in [3.8, 4) is 5.75 Å². The van der Waals surface area contributed by atoms with E-state index in [0.29, 0.717) is 11.3 Å². The van der Waals surface area contributed by atoms with Crippen LogP contribution in [0.2, 0.25) is 0 Å². The van der Waals surface area contributed by atoms with Gasteiger partial charge in [-0.15, -0.1) is 12.4 Å². The molecule has 0 spiro atoms. The minimum Gasteiger partial charge on any atom is -0.496 e. The highest BCUT2D eigenvalue weighted by molar-refractivity contribution is 5.85. The van der Waals surface area contributed by atoms with Crippen LogP contribution in [0.4, 0.5) is 4.39 Å². The predicted octanol–water partition coefficient (Wildman–Crippen LogP) is 1.78. The molecular formula is C12H18ClFN2O2. The summed E-state index contributed by atoms with van der Waals surface area (Å²) in [5.41, 5.74) is 5.62. The molecule has 1 rings (SSSR count). The van der Waals surface area contributed by atoms with Gasteiger partial charge >= 0.3 is 0 Å². The topological polar surface area (TPSA) is 64.3 Å². The normalized spacial score (nSPS) is 11.3. The van der Waals surface area contributed by atoms with Crippen molar-refractivity contribution in [2.45, 2.75) is 19.4 Å². The first kappa shape index (κ1) is 16.7. The molecule has 0 bridgehead atoms. The van der Waals surface area contributed by atoms with E-state index in [1.165, 1.54) is 13.2 Å². The summed E-state index contributed by atoms with van der Waals surface area (Å²) in [4.78, 5) is 11.4. The van der Waals surface area contributed by atoms with Crippen LogP contribution in [0.3, 0.4) is 0 Å². The fraction of sp³-hybridized carbons (Fsp3) is 0.417. The maximum absolute atomic E-state index is 13.7. The fourth-order valence-corrected chi connectivity index (χ4v) is 1.63. The summed E-state index contributed by atoms with van der Waals surface area (Å²) in [6.45, 7) is 1.97. The van der Waals surface area contributed by atoms with Gasteiger partial charge < -0.3 is 15.8 Å². The second-order valence-electron chi connectivity index (χ2n) is 3.68. The number of amides is 1. The number of carbonyl (C=O) groups is 1. The Bertz CT molecular complexity index is 402. The number of nitrogens with two attached hydrogens (primary N) is 1. The average Bonchev–Trinajstić information content (AvgIpc) is 2.28. The number of halogens is 2. The zero-order valence-electron chi connectivity index (χ0n) is 10.4. The smallest absolute Gasteiger partial charge is 0.221 e. The lowest BCUT2D eigenvalue weighted by Gasteiger charge is -2.17. The summed E-state index contributed by atoms with van der Waals surface area (Å²) in [7, 11) is 1.46. The summed E-state index contributed by atoms with van der Waals surface area (Å²) in [6, 6.07) is 4.10. The van der Waals surface area contributed by atoms with Crippen LogP contribution in [0.5, 0.6) is 5.75 Å². The molecule has 0 saturated heterocycles. The Balaban J connectivity index is 0.00000289. The van der Waals surface area contributed by atoms with Gasteiger partial charge in [-0.2, -0.15) is 0 Å². The first-order valence-electron chi connectivity index (χ1n) is 5.42. The monoisotopic (exact) mass is 276 g/mol. The number of rotatable bonds is 5. The van der Waals surface area contributed by atoms with Gasteiger partial charge in [-0.05, 0) is 19.1 Å². The highest BCUT2D eigenvalue weighted by Crippen LogP contribution is 2.27. The van der Waals surface area contributed by atoms with Crippen LogP contribution in [0.15, 0.2) is 18.2 Å². The summed E-state index contributed by atoms with van der Waals surface area (Å²) in [6.07, 6.45) is 0.223. The summed E-state index contributed by atoms with van der Waals surface area (Å²) >= 11 is 0. The van der Waals surface area contributed by atoms with Crippen molar-refractivity contribution in [1.82, 2.24) is 5.32 Å². The zero-order valence-corrected chi connectivity index (χ0v) is 11.2. The molecule has 1 aromatic carbocycles. The van der Waals surface area contributed by atoms with Gasteiger partial charge in [-0.25, -0.2) is 4.39 Å². The first-order valence-corrected chi connectivity index (χ1v) is 5.42. The van der Waals surface area contributed by atoms with E-state index < -0.39 is 11.9 Å². The number of ether oxygens (including phenoxy) is 1. The Hall–Kier alpha value is -1.33. The third-order valence-electron chi connectivity index (χ3n) is 2.41. The lowest BCUT2D eigenvalue weighted by molar-refractivity contribution is -0.121. The van der Waals surface area contributed by atoms with Gasteiger partial charge in [0, 0.05) is 13.0 Å². The molecule has 4 nitrogen and oxygen atoms in total. The average molecular weight is 277 g/mol. The van der Waals surface area contributed by atoms with Gasteiger partial charge in [0.2, 0.25) is 5.91 Å². The van der Waals surface area contributed by atoms with E-state index >= 15 is 0 Å². The quantitative estimate of drug-likeness (QED) is 0.862. The number of hydrogen-bond acceptors (Lipinski definition) is 3. The van der Waals surface area contributed by atoms with Crippen molar-refractivity contribution in [2.75, 3.05) is 13.7 Å². The number of nitrogens with one attached hydrogen (secondary N) is 1. The van der Waals surface area contributed by atoms with E-state index in [9.17, 15) is 9.18 Å². The van der Waals surface area contributed by atoms with Gasteiger partial charge in [0.1, 0.15) is 11.6 Å². The molecular weight excluding hydrogens is 259 g/mol. The molecule has 1 unspecified atom stereocenters. The van der Waals surface area contributed by atoms with Crippen molar-refractivity contribution >= 4 is 18.3 Å². The Kier molecular flexibility index (Phi) is 7.31. The van der Waals surface area contributed by atoms with Gasteiger partial charge in [-0.1, -0.05) is 6.07 Å². The molecule has 1 amide bonds. The van der Waals surface area contributed by atoms with Gasteiger partial charge in [0.15, 0.2) is 0 Å². The molecule has 1 atom stereocenters. The van der Waals surface area contributed by atoms with Crippen molar-refractivity contribution in [2.24, 2.45) is 5.73 Å². The largest absolute Gasteiger partial charge is 0.496 e. The Labute approximate surface area is 112 Å². The molecule has 6 heteroatoms. The third kappa shape index (κ3) is 4.16. The highest BCUT2D eigenvalue weighted by Gasteiger charge is 2.17. The molecule has 0 aliphatic rings. The second-order valence-corrected chi connectivity index (χ2v) is 3.68. The number of carbonyl (C=O) groups excluding carboxylic acids is 1. The molecule has 0 aliphatic heterocycles. The number of methoxy groups -OCH3 is 1. The molecule has 0 fully saturated rings. The molecule has 1 aromatic rings. The Morgan fingerprint density at radius 2 is 2.22 bits per heavy atom. The van der Waals surface area contributed by atoms with E-state index in [1.807, 2.05) is 0 Å². The van der Waals surface area contributed by atoms with Crippen LogP contribution in [0, 0.1) is 5.82 Å². The predicted molar refractivity (Wildman–Crippen MR) is 70.4 cm³/mol. The van der Waals surface area contributed by atoms with Gasteiger partial charge in [-0.3, -0.25) is 4.79 Å². The first-order chi connectivity index (χ1) is 8.10. The lowest BCUT2D eigenvalue weighted by Crippen LogP contribution is -2.29. The van der Waals surface area contributed by atoms with E-state index in [4.69, 9.17) is 10.5 Å². The third-order valence-corrected chi connectivity index (χ3v) is 2.41. The maximum Gasteiger partial charge on any atom is 0.221 e. The van der Waals surface area contributed by atoms with Crippen molar-refractivity contribution in [1.29, 1.82) is 0 Å². The number of benzene rings is 1. The Morgan fingerprint density at radius 3 is 2.78 bits per heavy atom. The van der Waals surface area contributed by atoms with Crippen LogP contribution in [0.1, 0.15) is 24.9 Å². The zero-order chi connectivity index (χ0) is 12.8. The maximum atomic E-state index is 13.7. The summed E-state index contributed by atoms with van der Waals surface area (Å²) in [5.74, 6) is -0.180. The minimum atomic E-state index is -0.454. The number of hydrogen-bond donors (Lipinski definition) is 2. The second kappa shape index (κ2) is 7.89. The Morgan fingerprint density at radius 1 is 1.56 bits per heavy atom. The van der Waals surface area contributed by atoms with Gasteiger partial charge in [0.25, 0.3) is 0 Å². The van der Waals surface area contributed by atoms with E-state index in [1.54, 1.807) is 19.1 Å². The summed E-state index contributed by atoms with van der Waals surface area (Å²) < 4.78 is 18.7. The van der Waals surface area contributed by atoms with E-state index in [-0.39, 0.29) is 31.3 Å². The fourth-order valence-electron chi connectivity index (χ4n) is 1.63. The van der Waals surface area contributed by atoms with Crippen LogP contribution < -0.4 is 15.8 Å². The molecule has 0 heterocycles. The van der Waals surface area contributed by atoms with Gasteiger partial charge in [0.05, 0.1) is 18.7 Å². The van der Waals surface area contributed by atoms with Crippen LogP contribution in [0.25, 0.3) is 0 Å². The SMILES string of the molecule is COc1cccc(F)c1C(C)NC(=O)CCN.Cl. The minimum absolute atomic E-state index is 0. The van der Waals surface area contributed by atoms with Crippen molar-refractivity contribution in [3.05, 3.63) is 29.6 Å². The van der Waals surface area contributed by atoms with Crippen LogP contribution >= 0.6 is 12.4 Å². The van der Waals surface area contributed by atoms with E-state index in [2.05, 4.69) is 5.32 Å². The standard InChI is InChI=1S/C12H17FN2O2.ClH/c1-8(15-11(16)6-7-14)12-9(13)4-3-5-10(12)17-2;/h3-5,8H,6-7,14H2,1-2H3,(H,15,16);1H. The van der Waals surface area contributed by atoms with E-state index in [0.717, 1.165) is 0 Å². The molecule has 3 N–H and O–H groups in total. The molecule has 0 saturated carbocycles. The molecule has 0 aliphatic carbocycles. The molecule has 0 aromatic heterocycles.